The molecule has 0 amide bonds. The van der Waals surface area contributed by atoms with Crippen molar-refractivity contribution in [3.05, 3.63) is 35.4 Å². The van der Waals surface area contributed by atoms with Gasteiger partial charge in [0.25, 0.3) is 0 Å². The number of benzene rings is 2. The van der Waals surface area contributed by atoms with Crippen molar-refractivity contribution in [3.63, 3.8) is 0 Å². The Bertz CT molecular complexity index is 1330. The molecule has 2 fully saturated rings. The normalized spacial score (nSPS) is 19.2. The fourth-order valence-corrected chi connectivity index (χ4v) is 7.14. The van der Waals surface area contributed by atoms with Crippen LogP contribution in [0.3, 0.4) is 0 Å². The molecule has 4 rings (SSSR count). The number of rotatable bonds is 15. The highest BCUT2D eigenvalue weighted by Crippen LogP contribution is 2.48. The Balaban J connectivity index is 1.68. The van der Waals surface area contributed by atoms with Crippen LogP contribution >= 0.6 is 0 Å². The Kier molecular flexibility index (Phi) is 11.6. The van der Waals surface area contributed by atoms with Crippen molar-refractivity contribution >= 4 is 15.6 Å². The van der Waals surface area contributed by atoms with E-state index in [0.29, 0.717) is 61.0 Å². The first kappa shape index (κ1) is 32.9. The molecular formula is C32H45NO9S. The van der Waals surface area contributed by atoms with Crippen LogP contribution in [-0.4, -0.2) is 79.0 Å². The summed E-state index contributed by atoms with van der Waals surface area (Å²) in [7, 11) is 0.690. The van der Waals surface area contributed by atoms with Gasteiger partial charge in [-0.1, -0.05) is 13.3 Å². The summed E-state index contributed by atoms with van der Waals surface area (Å²) in [5.41, 5.74) is 1.52. The highest BCUT2D eigenvalue weighted by Gasteiger charge is 2.33. The second-order valence-corrected chi connectivity index (χ2v) is 13.0. The summed E-state index contributed by atoms with van der Waals surface area (Å²) >= 11 is 0. The van der Waals surface area contributed by atoms with Gasteiger partial charge in [-0.2, -0.15) is 0 Å². The van der Waals surface area contributed by atoms with E-state index in [-0.39, 0.29) is 16.7 Å². The van der Waals surface area contributed by atoms with Gasteiger partial charge in [0.2, 0.25) is 5.75 Å². The zero-order valence-corrected chi connectivity index (χ0v) is 26.8. The van der Waals surface area contributed by atoms with Crippen LogP contribution in [0.25, 0.3) is 0 Å². The first-order valence-electron chi connectivity index (χ1n) is 15.0. The van der Waals surface area contributed by atoms with Gasteiger partial charge in [-0.15, -0.1) is 0 Å². The number of ketones is 1. The lowest BCUT2D eigenvalue weighted by Gasteiger charge is -2.26. The van der Waals surface area contributed by atoms with E-state index >= 15 is 0 Å². The van der Waals surface area contributed by atoms with Crippen LogP contribution in [0, 0.1) is 0 Å². The molecule has 2 heterocycles. The van der Waals surface area contributed by atoms with E-state index in [4.69, 9.17) is 28.4 Å². The van der Waals surface area contributed by atoms with Gasteiger partial charge in [0.1, 0.15) is 23.0 Å². The molecular weight excluding hydrogens is 574 g/mol. The summed E-state index contributed by atoms with van der Waals surface area (Å²) in [6.07, 6.45) is 4.91. The number of hydrogen-bond donors (Lipinski definition) is 0. The van der Waals surface area contributed by atoms with Gasteiger partial charge in [-0.25, -0.2) is 8.42 Å². The van der Waals surface area contributed by atoms with Crippen molar-refractivity contribution in [2.75, 3.05) is 59.9 Å². The lowest BCUT2D eigenvalue weighted by molar-refractivity contribution is -0.114. The Morgan fingerprint density at radius 1 is 0.837 bits per heavy atom. The predicted octanol–water partition coefficient (Wildman–Crippen LogP) is 5.32. The van der Waals surface area contributed by atoms with Crippen molar-refractivity contribution in [1.29, 1.82) is 0 Å². The molecule has 0 radical (unpaired) electrons. The molecule has 43 heavy (non-hydrogen) atoms. The second kappa shape index (κ2) is 15.1. The molecule has 0 bridgehead atoms. The van der Waals surface area contributed by atoms with Gasteiger partial charge in [0.05, 0.1) is 40.1 Å². The third-order valence-electron chi connectivity index (χ3n) is 7.79. The summed E-state index contributed by atoms with van der Waals surface area (Å²) in [6, 6.07) is 7.15. The van der Waals surface area contributed by atoms with E-state index < -0.39 is 27.5 Å². The standard InChI is InChI=1S/C32H45NO9S/c1-6-15-41-32-29(40-16-14-33-12-8-7-9-13-33)19-24(20-30(32)43(35,36)21-22(2)34)26-11-10-25(42-26)23-17-27(37-3)31(39-5)28(18-23)38-4/h17-20,25-26H,6-16,21H2,1-5H3. The number of piperidine rings is 1. The number of likely N-dealkylation sites (tertiary alicyclic amines) is 1. The van der Waals surface area contributed by atoms with Crippen molar-refractivity contribution in [2.45, 2.75) is 69.5 Å². The van der Waals surface area contributed by atoms with Crippen molar-refractivity contribution < 1.29 is 41.6 Å². The van der Waals surface area contributed by atoms with Crippen LogP contribution in [0.4, 0.5) is 0 Å². The Hall–Kier alpha value is -3.02. The number of carbonyl (C=O) groups is 1. The Morgan fingerprint density at radius 3 is 2.00 bits per heavy atom. The molecule has 238 valence electrons. The molecule has 0 spiro atoms. The van der Waals surface area contributed by atoms with Crippen LogP contribution in [-0.2, 0) is 19.4 Å². The van der Waals surface area contributed by atoms with E-state index in [9.17, 15) is 13.2 Å². The highest BCUT2D eigenvalue weighted by molar-refractivity contribution is 7.92. The molecule has 2 aliphatic rings. The molecule has 10 nitrogen and oxygen atoms in total. The van der Waals surface area contributed by atoms with Crippen LogP contribution < -0.4 is 23.7 Å². The molecule has 0 N–H and O–H groups in total. The molecule has 0 saturated carbocycles. The van der Waals surface area contributed by atoms with Crippen molar-refractivity contribution in [3.8, 4) is 28.7 Å². The third kappa shape index (κ3) is 8.13. The molecule has 0 aromatic heterocycles. The number of nitrogens with zero attached hydrogens (tertiary/aromatic N) is 1. The molecule has 2 unspecified atom stereocenters. The molecule has 2 saturated heterocycles. The van der Waals surface area contributed by atoms with Crippen LogP contribution in [0.15, 0.2) is 29.2 Å². The van der Waals surface area contributed by atoms with Crippen LogP contribution in [0.1, 0.15) is 75.7 Å². The molecule has 2 aliphatic heterocycles. The minimum absolute atomic E-state index is 0.0403. The number of carbonyl (C=O) groups excluding carboxylic acids is 1. The first-order valence-corrected chi connectivity index (χ1v) is 16.7. The minimum Gasteiger partial charge on any atom is -0.493 e. The summed E-state index contributed by atoms with van der Waals surface area (Å²) in [6.45, 7) is 6.70. The molecule has 2 atom stereocenters. The van der Waals surface area contributed by atoms with Crippen LogP contribution in [0.5, 0.6) is 28.7 Å². The molecule has 0 aliphatic carbocycles. The molecule has 2 aromatic rings. The quantitative estimate of drug-likeness (QED) is 0.260. The minimum atomic E-state index is -4.00. The van der Waals surface area contributed by atoms with E-state index in [1.54, 1.807) is 27.4 Å². The number of hydrogen-bond acceptors (Lipinski definition) is 10. The van der Waals surface area contributed by atoms with Crippen molar-refractivity contribution in [1.82, 2.24) is 4.90 Å². The monoisotopic (exact) mass is 619 g/mol. The second-order valence-electron chi connectivity index (χ2n) is 11.1. The maximum Gasteiger partial charge on any atom is 0.203 e. The summed E-state index contributed by atoms with van der Waals surface area (Å²) in [5.74, 6) is 1.00. The van der Waals surface area contributed by atoms with Gasteiger partial charge >= 0.3 is 0 Å². The first-order chi connectivity index (χ1) is 20.7. The number of methoxy groups -OCH3 is 3. The Morgan fingerprint density at radius 2 is 1.44 bits per heavy atom. The maximum absolute atomic E-state index is 13.5. The molecule has 2 aromatic carbocycles. The van der Waals surface area contributed by atoms with Gasteiger partial charge in [-0.3, -0.25) is 9.69 Å². The SMILES string of the molecule is CCCOc1c(OCCN2CCCCC2)cc(C2CCC(c3cc(OC)c(OC)c(OC)c3)O2)cc1S(=O)(=O)CC(C)=O. The zero-order chi connectivity index (χ0) is 31.0. The predicted molar refractivity (Wildman–Crippen MR) is 163 cm³/mol. The van der Waals surface area contributed by atoms with Gasteiger partial charge < -0.3 is 28.4 Å². The van der Waals surface area contributed by atoms with Gasteiger partial charge in [0, 0.05) is 6.54 Å². The van der Waals surface area contributed by atoms with Crippen molar-refractivity contribution in [2.24, 2.45) is 0 Å². The summed E-state index contributed by atoms with van der Waals surface area (Å²) in [5, 5.41) is 0. The average molecular weight is 620 g/mol. The zero-order valence-electron chi connectivity index (χ0n) is 26.0. The number of Topliss-reactive ketones (excluding diaryl/α,β-unsaturated/α-hetero) is 1. The van der Waals surface area contributed by atoms with E-state index in [1.165, 1.54) is 26.2 Å². The van der Waals surface area contributed by atoms with Gasteiger partial charge in [0.15, 0.2) is 32.8 Å². The fraction of sp³-hybridized carbons (Fsp3) is 0.594. The molecule has 11 heteroatoms. The van der Waals surface area contributed by atoms with E-state index in [0.717, 1.165) is 25.2 Å². The number of sulfone groups is 1. The topological polar surface area (TPSA) is 110 Å². The largest absolute Gasteiger partial charge is 0.493 e. The van der Waals surface area contributed by atoms with E-state index in [1.807, 2.05) is 25.1 Å². The van der Waals surface area contributed by atoms with E-state index in [2.05, 4.69) is 4.90 Å². The number of ether oxygens (including phenoxy) is 6. The fourth-order valence-electron chi connectivity index (χ4n) is 5.70. The lowest BCUT2D eigenvalue weighted by atomic mass is 10.0. The maximum atomic E-state index is 13.5. The average Bonchev–Trinajstić information content (AvgIpc) is 3.49. The lowest BCUT2D eigenvalue weighted by Crippen LogP contribution is -2.33. The summed E-state index contributed by atoms with van der Waals surface area (Å²) in [4.78, 5) is 14.3. The smallest absolute Gasteiger partial charge is 0.203 e. The van der Waals surface area contributed by atoms with Crippen LogP contribution in [0.2, 0.25) is 0 Å². The Labute approximate surface area is 255 Å². The van der Waals surface area contributed by atoms with Gasteiger partial charge in [-0.05, 0) is 87.5 Å². The summed E-state index contributed by atoms with van der Waals surface area (Å²) < 4.78 is 62.3. The highest BCUT2D eigenvalue weighted by atomic mass is 32.2. The third-order valence-corrected chi connectivity index (χ3v) is 9.55.